The molecular weight excluding hydrogens is 564 g/mol. The van der Waals surface area contributed by atoms with Gasteiger partial charge in [0.05, 0.1) is 29.3 Å². The fraction of sp³-hybridized carbons (Fsp3) is 0.405. The van der Waals surface area contributed by atoms with E-state index in [-0.39, 0.29) is 11.6 Å². The monoisotopic (exact) mass is 610 g/mol. The van der Waals surface area contributed by atoms with E-state index in [0.29, 0.717) is 25.7 Å². The van der Waals surface area contributed by atoms with Crippen LogP contribution in [0.25, 0.3) is 24.8 Å². The molecule has 8 nitrogen and oxygen atoms in total. The minimum atomic E-state index is -0.729. The maximum Gasteiger partial charge on any atom is 0.130 e. The molecule has 2 aromatic heterocycles. The van der Waals surface area contributed by atoms with Crippen molar-refractivity contribution in [1.29, 1.82) is 0 Å². The molecule has 238 valence electrons. The average molecular weight is 611 g/mol. The highest BCUT2D eigenvalue weighted by Gasteiger charge is 2.25. The van der Waals surface area contributed by atoms with Gasteiger partial charge in [-0.05, 0) is 127 Å². The van der Waals surface area contributed by atoms with E-state index in [1.165, 1.54) is 0 Å². The highest BCUT2D eigenvalue weighted by molar-refractivity contribution is 6.23. The van der Waals surface area contributed by atoms with Crippen LogP contribution >= 0.6 is 0 Å². The zero-order valence-electron chi connectivity index (χ0n) is 28.0. The van der Waals surface area contributed by atoms with Crippen molar-refractivity contribution >= 4 is 47.8 Å². The molecule has 0 aliphatic carbocycles. The van der Waals surface area contributed by atoms with Gasteiger partial charge in [0.15, 0.2) is 0 Å². The smallest absolute Gasteiger partial charge is 0.130 e. The molecule has 0 saturated carbocycles. The van der Waals surface area contributed by atoms with Crippen LogP contribution in [0.2, 0.25) is 0 Å². The summed E-state index contributed by atoms with van der Waals surface area (Å²) in [7, 11) is 0. The Kier molecular flexibility index (Phi) is 10.1. The first-order valence-corrected chi connectivity index (χ1v) is 15.6. The molecule has 4 heterocycles. The fourth-order valence-corrected chi connectivity index (χ4v) is 6.32. The van der Waals surface area contributed by atoms with Crippen molar-refractivity contribution in [2.75, 3.05) is 0 Å². The molecule has 0 radical (unpaired) electrons. The molecule has 2 aliphatic rings. The van der Waals surface area contributed by atoms with E-state index < -0.39 is 12.2 Å². The number of nitrogens with zero attached hydrogens (tertiary/aromatic N) is 2. The number of nitrogens with one attached hydrogen (secondary N) is 2. The number of hydrogen-bond acceptors (Lipinski definition) is 6. The number of aromatic amines is 2. The van der Waals surface area contributed by atoms with Gasteiger partial charge in [-0.2, -0.15) is 0 Å². The van der Waals surface area contributed by atoms with Gasteiger partial charge < -0.3 is 29.8 Å². The Balaban J connectivity index is 1.85. The Bertz CT molecular complexity index is 1870. The van der Waals surface area contributed by atoms with Crippen LogP contribution in [0, 0.1) is 13.8 Å². The first kappa shape index (κ1) is 33.7. The number of aliphatic hydroxyl groups excluding tert-OH is 2. The zero-order chi connectivity index (χ0) is 33.3. The maximum absolute atomic E-state index is 12.0. The summed E-state index contributed by atoms with van der Waals surface area (Å²) < 4.78 is 0. The van der Waals surface area contributed by atoms with E-state index >= 15 is 0 Å². The summed E-state index contributed by atoms with van der Waals surface area (Å²) in [4.78, 5) is 40.4. The van der Waals surface area contributed by atoms with Crippen molar-refractivity contribution < 1.29 is 19.8 Å². The van der Waals surface area contributed by atoms with Crippen LogP contribution in [0.3, 0.4) is 0 Å². The third-order valence-electron chi connectivity index (χ3n) is 8.87. The summed E-state index contributed by atoms with van der Waals surface area (Å²) >= 11 is 0. The summed E-state index contributed by atoms with van der Waals surface area (Å²) in [5, 5.41) is 22.7. The van der Waals surface area contributed by atoms with Crippen LogP contribution in [-0.2, 0) is 16.0 Å². The zero-order valence-corrected chi connectivity index (χ0v) is 28.0. The molecule has 2 atom stereocenters. The van der Waals surface area contributed by atoms with E-state index in [4.69, 9.17) is 9.98 Å². The summed E-state index contributed by atoms with van der Waals surface area (Å²) in [5.74, 6) is 0.239. The topological polar surface area (TPSA) is 131 Å². The fourth-order valence-electron chi connectivity index (χ4n) is 6.32. The number of H-pyrrole nitrogens is 2. The Morgan fingerprint density at radius 3 is 1.98 bits per heavy atom. The lowest BCUT2D eigenvalue weighted by Gasteiger charge is -2.08. The summed E-state index contributed by atoms with van der Waals surface area (Å²) in [6.45, 7) is 20.7. The number of carbonyl (C=O) groups is 2. The van der Waals surface area contributed by atoms with Crippen LogP contribution < -0.4 is 10.7 Å². The molecule has 0 bridgehead atoms. The average Bonchev–Trinajstić information content (AvgIpc) is 3.59. The van der Waals surface area contributed by atoms with Crippen LogP contribution in [-0.4, -0.2) is 49.3 Å². The standard InChI is InChI=1S/C37H46N4O4/c1-18(42)11-13-28-20(3)24(7)38-33(28)17-34-29(14-12-19(2)43)21(4)30(40-34)15-32-23(6)37(27(10)45)35(41-32)16-31-22(5)36(26(9)44)25(8)39-31/h15-17,26-27,38,41,44-45H,7,11-14H2,1-6,8-10H3/b30-15-,31-16-,33-17-/t26?,27-/m0/s1. The number of aliphatic imine (C=N–C) groups is 2. The lowest BCUT2D eigenvalue weighted by atomic mass is 9.98. The molecule has 0 aromatic carbocycles. The van der Waals surface area contributed by atoms with Gasteiger partial charge in [-0.1, -0.05) is 6.58 Å². The molecular formula is C37H46N4O4. The lowest BCUT2D eigenvalue weighted by Crippen LogP contribution is -2.15. The number of aliphatic hydroxyl groups is 2. The summed E-state index contributed by atoms with van der Waals surface area (Å²) in [6.07, 6.45) is 6.58. The van der Waals surface area contributed by atoms with Crippen LogP contribution in [0.1, 0.15) is 107 Å². The Morgan fingerprint density at radius 1 is 0.800 bits per heavy atom. The van der Waals surface area contributed by atoms with Crippen molar-refractivity contribution in [1.82, 2.24) is 9.97 Å². The van der Waals surface area contributed by atoms with E-state index in [2.05, 4.69) is 16.5 Å². The largest absolute Gasteiger partial charge is 0.389 e. The molecule has 0 fully saturated rings. The van der Waals surface area contributed by atoms with Gasteiger partial charge in [0.2, 0.25) is 0 Å². The third-order valence-corrected chi connectivity index (χ3v) is 8.87. The summed E-state index contributed by atoms with van der Waals surface area (Å²) in [5.41, 5.74) is 12.1. The van der Waals surface area contributed by atoms with Crippen molar-refractivity contribution in [2.24, 2.45) is 9.98 Å². The SMILES string of the molecule is C=c1[nH]/c(=C\C2=NC(=C\c3[nH]c(/C=C4\N=C(C)C(C(C)O)=C4C)c([C@H](C)O)c3C)/C(C)=C2CCC(C)=O)c(CCC(C)=O)c1C. The van der Waals surface area contributed by atoms with E-state index in [1.54, 1.807) is 27.7 Å². The molecule has 0 amide bonds. The number of aromatic nitrogens is 2. The molecule has 8 heteroatoms. The minimum absolute atomic E-state index is 0.109. The molecule has 2 aliphatic heterocycles. The molecule has 0 spiro atoms. The number of Topliss-reactive ketones (excluding diaryl/α,β-unsaturated/α-hetero) is 2. The van der Waals surface area contributed by atoms with Gasteiger partial charge in [0, 0.05) is 51.8 Å². The molecule has 45 heavy (non-hydrogen) atoms. The highest BCUT2D eigenvalue weighted by atomic mass is 16.3. The van der Waals surface area contributed by atoms with Gasteiger partial charge >= 0.3 is 0 Å². The Labute approximate surface area is 265 Å². The van der Waals surface area contributed by atoms with Gasteiger partial charge in [0.25, 0.3) is 0 Å². The van der Waals surface area contributed by atoms with E-state index in [1.807, 2.05) is 52.8 Å². The highest BCUT2D eigenvalue weighted by Crippen LogP contribution is 2.35. The van der Waals surface area contributed by atoms with Crippen LogP contribution in [0.4, 0.5) is 0 Å². The molecule has 1 unspecified atom stereocenters. The number of carbonyl (C=O) groups excluding carboxylic acids is 2. The molecule has 0 saturated heterocycles. The van der Waals surface area contributed by atoms with Gasteiger partial charge in [0.1, 0.15) is 11.6 Å². The van der Waals surface area contributed by atoms with Gasteiger partial charge in [-0.15, -0.1) is 0 Å². The number of rotatable bonds is 11. The first-order chi connectivity index (χ1) is 21.1. The van der Waals surface area contributed by atoms with Crippen LogP contribution in [0.15, 0.2) is 43.7 Å². The quantitative estimate of drug-likeness (QED) is 0.271. The Hall–Kier alpha value is -4.14. The maximum atomic E-state index is 12.0. The van der Waals surface area contributed by atoms with Crippen molar-refractivity contribution in [3.63, 3.8) is 0 Å². The van der Waals surface area contributed by atoms with Crippen molar-refractivity contribution in [3.05, 3.63) is 78.0 Å². The first-order valence-electron chi connectivity index (χ1n) is 15.6. The number of ketones is 2. The third kappa shape index (κ3) is 7.08. The Morgan fingerprint density at radius 2 is 1.40 bits per heavy atom. The van der Waals surface area contributed by atoms with Crippen LogP contribution in [0.5, 0.6) is 0 Å². The predicted molar refractivity (Wildman–Crippen MR) is 183 cm³/mol. The normalized spacial score (nSPS) is 18.9. The second kappa shape index (κ2) is 13.5. The molecule has 4 rings (SSSR count). The molecule has 4 N–H and O–H groups in total. The van der Waals surface area contributed by atoms with Gasteiger partial charge in [-0.25, -0.2) is 4.99 Å². The molecule has 2 aromatic rings. The van der Waals surface area contributed by atoms with Gasteiger partial charge in [-0.3, -0.25) is 4.99 Å². The second-order valence-electron chi connectivity index (χ2n) is 12.4. The summed E-state index contributed by atoms with van der Waals surface area (Å²) in [6, 6.07) is 0. The second-order valence-corrected chi connectivity index (χ2v) is 12.4. The van der Waals surface area contributed by atoms with E-state index in [9.17, 15) is 19.8 Å². The number of hydrogen-bond donors (Lipinski definition) is 4. The number of allylic oxidation sites excluding steroid dienone is 3. The van der Waals surface area contributed by atoms with Crippen molar-refractivity contribution in [3.8, 4) is 0 Å². The lowest BCUT2D eigenvalue weighted by molar-refractivity contribution is -0.117. The van der Waals surface area contributed by atoms with E-state index in [0.717, 1.165) is 89.4 Å². The van der Waals surface area contributed by atoms with Crippen molar-refractivity contribution in [2.45, 2.75) is 100 Å². The minimum Gasteiger partial charge on any atom is -0.389 e. The predicted octanol–water partition coefficient (Wildman–Crippen LogP) is 5.42.